The molecule has 0 radical (unpaired) electrons. The number of carboxylic acids is 5. The van der Waals surface area contributed by atoms with Crippen LogP contribution in [0.25, 0.3) is 0 Å². The van der Waals surface area contributed by atoms with Crippen molar-refractivity contribution < 1.29 is 157 Å². The Kier molecular flexibility index (Phi) is 40.8. The second kappa shape index (κ2) is 36.6. The topological polar surface area (TPSA) is 363 Å². The van der Waals surface area contributed by atoms with E-state index in [0.29, 0.717) is 0 Å². The van der Waals surface area contributed by atoms with E-state index in [0.717, 1.165) is 39.7 Å². The molecule has 10 N–H and O–H groups in total. The van der Waals surface area contributed by atoms with Crippen LogP contribution >= 0.6 is 43.2 Å². The van der Waals surface area contributed by atoms with Crippen molar-refractivity contribution in [1.29, 1.82) is 0 Å². The largest absolute Gasteiger partial charge is 1.00 e. The zero-order chi connectivity index (χ0) is 39.6. The van der Waals surface area contributed by atoms with Crippen LogP contribution in [0, 0.1) is 0 Å². The van der Waals surface area contributed by atoms with E-state index < -0.39 is 90.7 Å². The Hall–Kier alpha value is -0.450. The Balaban J connectivity index is -0.000000734. The molecule has 1 rings (SSSR count). The minimum absolute atomic E-state index is 0. The van der Waals surface area contributed by atoms with E-state index in [1.54, 1.807) is 0 Å². The van der Waals surface area contributed by atoms with Gasteiger partial charge in [0.1, 0.15) is 24.2 Å². The van der Waals surface area contributed by atoms with Gasteiger partial charge in [0.05, 0.1) is 25.0 Å². The summed E-state index contributed by atoms with van der Waals surface area (Å²) < 4.78 is 0. The first kappa shape index (κ1) is 61.2. The molecule has 55 heavy (non-hydrogen) atoms. The summed E-state index contributed by atoms with van der Waals surface area (Å²) >= 11 is 0. The minimum Gasteiger partial charge on any atom is -0.550 e. The number of hydrogen-bond donors (Lipinski definition) is 8. The van der Waals surface area contributed by atoms with Crippen LogP contribution in [0.5, 0.6) is 0 Å². The molecule has 4 amide bonds. The molecule has 1 fully saturated rings. The zero-order valence-electron chi connectivity index (χ0n) is 30.9. The first-order chi connectivity index (χ1) is 24.4. The summed E-state index contributed by atoms with van der Waals surface area (Å²) in [5, 5.41) is 58.4. The number of carboxylic acid groups (broad SMARTS) is 5. The van der Waals surface area contributed by atoms with Crippen LogP contribution in [-0.2, 0) is 43.2 Å². The van der Waals surface area contributed by atoms with Gasteiger partial charge >= 0.3 is 101 Å². The molecule has 1 saturated heterocycles. The van der Waals surface area contributed by atoms with Crippen LogP contribution < -0.4 is 137 Å². The van der Waals surface area contributed by atoms with E-state index in [2.05, 4.69) is 10.6 Å². The summed E-state index contributed by atoms with van der Waals surface area (Å²) in [4.78, 5) is 102. The summed E-state index contributed by atoms with van der Waals surface area (Å²) in [6.07, 6.45) is 3.32. The SMILES string of the molecule is N[C@@H](CCC(=O)N[C@@H](CSSC[C@H](NC(=O)CC[C@H](N)C(=O)O)C(=O)NCC(=O)[O-])C(=O)NCC(=O)[O-])C(=O)O.O=C([O-])CCCCC1CCSS1.[Na+].[Na+].[Na+]. The van der Waals surface area contributed by atoms with E-state index in [-0.39, 0.29) is 132 Å². The summed E-state index contributed by atoms with van der Waals surface area (Å²) in [7, 11) is 5.72. The fourth-order valence-corrected chi connectivity index (χ4v) is 9.08. The van der Waals surface area contributed by atoms with Gasteiger partial charge in [0.2, 0.25) is 23.6 Å². The second-order valence-corrected chi connectivity index (χ2v) is 16.2. The van der Waals surface area contributed by atoms with Crippen molar-refractivity contribution >= 4 is 96.7 Å². The molecule has 0 aromatic rings. The first-order valence-corrected chi connectivity index (χ1v) is 20.5. The minimum atomic E-state index is -1.60. The normalized spacial score (nSPS) is 14.8. The van der Waals surface area contributed by atoms with Gasteiger partial charge in [-0.1, -0.05) is 49.6 Å². The molecule has 1 aliphatic heterocycles. The van der Waals surface area contributed by atoms with Gasteiger partial charge in [-0.2, -0.15) is 0 Å². The van der Waals surface area contributed by atoms with Gasteiger partial charge < -0.3 is 72.7 Å². The van der Waals surface area contributed by atoms with Gasteiger partial charge in [0.15, 0.2) is 0 Å². The van der Waals surface area contributed by atoms with Crippen molar-refractivity contribution in [2.45, 2.75) is 87.2 Å². The molecule has 296 valence electrons. The number of carbonyl (C=O) groups is 9. The van der Waals surface area contributed by atoms with Gasteiger partial charge in [-0.15, -0.1) is 0 Å². The van der Waals surface area contributed by atoms with E-state index >= 15 is 0 Å². The van der Waals surface area contributed by atoms with Crippen LogP contribution in [0.3, 0.4) is 0 Å². The number of rotatable bonds is 26. The van der Waals surface area contributed by atoms with Crippen LogP contribution in [0.1, 0.15) is 57.8 Å². The van der Waals surface area contributed by atoms with Crippen molar-refractivity contribution in [2.24, 2.45) is 11.5 Å². The number of carbonyl (C=O) groups excluding carboxylic acids is 7. The van der Waals surface area contributed by atoms with Gasteiger partial charge in [-0.05, 0) is 38.5 Å². The standard InChI is InChI=1S/C20H32N6O12S2.C8H14O2S2.3Na/c21-9(19(35)36)1-3-13(27)25-11(17(33)23-5-15(29)30)7-39-40-8-12(18(34)24-6-16(31)32)26-14(28)4-2-10(22)20(37)38;9-8(10)4-2-1-3-7-5-6-11-12-7;;;/h9-12H,1-8,21-22H2,(H,23,33)(H,24,34)(H,25,27)(H,26,28)(H,29,30)(H,31,32)(H,35,36)(H,37,38);7H,1-6H2,(H,9,10);;;/q;;3*+1/p-3/t9-,10-,11-,12-;;;;/m0..../s1. The Morgan fingerprint density at radius 2 is 1.09 bits per heavy atom. The van der Waals surface area contributed by atoms with E-state index in [9.17, 15) is 58.5 Å². The van der Waals surface area contributed by atoms with Crippen LogP contribution in [0.2, 0.25) is 0 Å². The molecule has 0 aliphatic carbocycles. The van der Waals surface area contributed by atoms with Crippen molar-refractivity contribution in [2.75, 3.05) is 30.3 Å². The number of aliphatic carboxylic acids is 5. The van der Waals surface area contributed by atoms with Crippen molar-refractivity contribution in [1.82, 2.24) is 21.3 Å². The van der Waals surface area contributed by atoms with E-state index in [1.165, 1.54) is 18.6 Å². The predicted molar refractivity (Wildman–Crippen MR) is 186 cm³/mol. The number of nitrogens with two attached hydrogens (primary N) is 2. The van der Waals surface area contributed by atoms with Crippen LogP contribution in [0.4, 0.5) is 0 Å². The molecule has 0 aromatic carbocycles. The number of unbranched alkanes of at least 4 members (excludes halogenated alkanes) is 1. The average molecular weight is 885 g/mol. The van der Waals surface area contributed by atoms with Crippen molar-refractivity contribution in [3.05, 3.63) is 0 Å². The summed E-state index contributed by atoms with van der Waals surface area (Å²) in [5.41, 5.74) is 10.7. The fourth-order valence-electron chi connectivity index (χ4n) is 3.72. The Labute approximate surface area is 399 Å². The molecule has 1 unspecified atom stereocenters. The maximum Gasteiger partial charge on any atom is 1.00 e. The first-order valence-electron chi connectivity index (χ1n) is 15.7. The summed E-state index contributed by atoms with van der Waals surface area (Å²) in [5.74, 6) is -9.19. The molecule has 0 bridgehead atoms. The monoisotopic (exact) mass is 884 g/mol. The fraction of sp³-hybridized carbons (Fsp3) is 0.679. The summed E-state index contributed by atoms with van der Waals surface area (Å²) in [6.45, 7) is -1.71. The molecular formula is C28H43N6Na3O14S4. The van der Waals surface area contributed by atoms with Gasteiger partial charge in [-0.3, -0.25) is 28.8 Å². The third kappa shape index (κ3) is 34.2. The second-order valence-electron chi connectivity index (χ2n) is 10.9. The Morgan fingerprint density at radius 1 is 0.673 bits per heavy atom. The Morgan fingerprint density at radius 3 is 1.42 bits per heavy atom. The van der Waals surface area contributed by atoms with Gasteiger partial charge in [0.25, 0.3) is 0 Å². The Bertz CT molecular complexity index is 1170. The third-order valence-corrected chi connectivity index (χ3v) is 12.0. The average Bonchev–Trinajstić information content (AvgIpc) is 3.60. The van der Waals surface area contributed by atoms with Crippen molar-refractivity contribution in [3.8, 4) is 0 Å². The molecule has 0 aromatic heterocycles. The van der Waals surface area contributed by atoms with Crippen molar-refractivity contribution in [3.63, 3.8) is 0 Å². The third-order valence-electron chi connectivity index (χ3n) is 6.55. The number of hydrogen-bond acceptors (Lipinski definition) is 18. The van der Waals surface area contributed by atoms with Gasteiger partial charge in [-0.25, -0.2) is 0 Å². The smallest absolute Gasteiger partial charge is 0.550 e. The molecule has 0 spiro atoms. The molecule has 20 nitrogen and oxygen atoms in total. The molecular weight excluding hydrogens is 842 g/mol. The van der Waals surface area contributed by atoms with E-state index in [4.69, 9.17) is 21.7 Å². The van der Waals surface area contributed by atoms with Gasteiger partial charge in [0, 0.05) is 41.3 Å². The van der Waals surface area contributed by atoms with E-state index in [1.807, 2.05) is 32.2 Å². The summed E-state index contributed by atoms with van der Waals surface area (Å²) in [6, 6.07) is -5.25. The maximum atomic E-state index is 12.3. The molecule has 1 heterocycles. The van der Waals surface area contributed by atoms with Crippen LogP contribution in [-0.4, -0.2) is 123 Å². The maximum absolute atomic E-state index is 12.3. The molecule has 27 heteroatoms. The molecule has 5 atom stereocenters. The zero-order valence-corrected chi connectivity index (χ0v) is 40.1. The molecule has 1 aliphatic rings. The quantitative estimate of drug-likeness (QED) is 0.0227. The number of nitrogens with one attached hydrogen (secondary N) is 4. The van der Waals surface area contributed by atoms with Crippen LogP contribution in [0.15, 0.2) is 0 Å². The predicted octanol–water partition coefficient (Wildman–Crippen LogP) is -14.1. The number of amides is 4. The molecule has 0 saturated carbocycles.